The monoisotopic (exact) mass is 254 g/mol. The molecule has 4 heteroatoms. The van der Waals surface area contributed by atoms with Crippen molar-refractivity contribution in [2.45, 2.75) is 12.1 Å². The highest BCUT2D eigenvalue weighted by atomic mass is 35.5. The number of nitrogens with one attached hydrogen (secondary N) is 1. The topological polar surface area (TPSA) is 24.5 Å². The Morgan fingerprint density at radius 2 is 2.06 bits per heavy atom. The van der Waals surface area contributed by atoms with Gasteiger partial charge < -0.3 is 15.0 Å². The van der Waals surface area contributed by atoms with E-state index in [0.29, 0.717) is 12.1 Å². The van der Waals surface area contributed by atoms with Gasteiger partial charge >= 0.3 is 0 Å². The van der Waals surface area contributed by atoms with Crippen LogP contribution < -0.4 is 5.32 Å². The Morgan fingerprint density at radius 3 is 2.59 bits per heavy atom. The summed E-state index contributed by atoms with van der Waals surface area (Å²) in [5, 5.41) is 4.29. The Balaban J connectivity index is 2.18. The first-order chi connectivity index (χ1) is 8.18. The maximum atomic E-state index is 5.93. The average Bonchev–Trinajstić information content (AvgIpc) is 2.33. The molecule has 0 radical (unpaired) electrons. The predicted molar refractivity (Wildman–Crippen MR) is 70.5 cm³/mol. The summed E-state index contributed by atoms with van der Waals surface area (Å²) >= 11 is 5.93. The van der Waals surface area contributed by atoms with E-state index in [4.69, 9.17) is 16.3 Å². The zero-order chi connectivity index (χ0) is 12.3. The predicted octanol–water partition coefficient (Wildman–Crippen LogP) is 1.93. The van der Waals surface area contributed by atoms with Crippen molar-refractivity contribution in [1.29, 1.82) is 0 Å². The van der Waals surface area contributed by atoms with Crippen LogP contribution in [0.3, 0.4) is 0 Å². The van der Waals surface area contributed by atoms with Crippen LogP contribution in [0, 0.1) is 0 Å². The quantitative estimate of drug-likeness (QED) is 0.892. The fraction of sp³-hybridized carbons (Fsp3) is 0.538. The Bertz CT molecular complexity index is 347. The average molecular weight is 255 g/mol. The molecule has 0 bridgehead atoms. The lowest BCUT2D eigenvalue weighted by molar-refractivity contribution is 0.0459. The molecule has 0 amide bonds. The first-order valence-electron chi connectivity index (χ1n) is 5.91. The third-order valence-corrected chi connectivity index (χ3v) is 3.35. The number of hydrogen-bond acceptors (Lipinski definition) is 3. The smallest absolute Gasteiger partial charge is 0.0639 e. The van der Waals surface area contributed by atoms with Gasteiger partial charge in [-0.25, -0.2) is 0 Å². The van der Waals surface area contributed by atoms with E-state index >= 15 is 0 Å². The number of hydrogen-bond donors (Lipinski definition) is 1. The number of morpholine rings is 1. The van der Waals surface area contributed by atoms with Crippen LogP contribution in [0.1, 0.15) is 11.6 Å². The summed E-state index contributed by atoms with van der Waals surface area (Å²) in [6.45, 7) is 2.48. The lowest BCUT2D eigenvalue weighted by atomic mass is 9.98. The van der Waals surface area contributed by atoms with Gasteiger partial charge in [-0.3, -0.25) is 0 Å². The minimum atomic E-state index is 0.313. The van der Waals surface area contributed by atoms with E-state index in [2.05, 4.69) is 36.4 Å². The number of likely N-dealkylation sites (N-methyl/N-ethyl adjacent to an activating group) is 1. The number of ether oxygens (including phenoxy) is 1. The zero-order valence-corrected chi connectivity index (χ0v) is 11.1. The Hall–Kier alpha value is -0.610. The van der Waals surface area contributed by atoms with E-state index in [9.17, 15) is 0 Å². The second kappa shape index (κ2) is 5.83. The maximum absolute atomic E-state index is 5.93. The van der Waals surface area contributed by atoms with Gasteiger partial charge in [-0.05, 0) is 31.8 Å². The highest BCUT2D eigenvalue weighted by Crippen LogP contribution is 2.24. The second-order valence-electron chi connectivity index (χ2n) is 4.60. The van der Waals surface area contributed by atoms with E-state index in [1.54, 1.807) is 0 Å². The van der Waals surface area contributed by atoms with E-state index < -0.39 is 0 Å². The SMILES string of the molecule is CN(C)C(c1ccc(Cl)cc1)C1COCCN1. The zero-order valence-electron chi connectivity index (χ0n) is 10.3. The molecular formula is C13H19ClN2O. The van der Waals surface area contributed by atoms with Crippen LogP contribution in [0.15, 0.2) is 24.3 Å². The third kappa shape index (κ3) is 3.19. The molecule has 2 unspecified atom stereocenters. The summed E-state index contributed by atoms with van der Waals surface area (Å²) in [7, 11) is 4.19. The summed E-state index contributed by atoms with van der Waals surface area (Å²) in [4.78, 5) is 2.22. The number of nitrogens with zero attached hydrogens (tertiary/aromatic N) is 1. The molecule has 0 saturated carbocycles. The third-order valence-electron chi connectivity index (χ3n) is 3.10. The van der Waals surface area contributed by atoms with Crippen LogP contribution in [0.4, 0.5) is 0 Å². The van der Waals surface area contributed by atoms with Gasteiger partial charge in [-0.1, -0.05) is 23.7 Å². The van der Waals surface area contributed by atoms with Gasteiger partial charge in [0.2, 0.25) is 0 Å². The van der Waals surface area contributed by atoms with E-state index in [1.165, 1.54) is 5.56 Å². The van der Waals surface area contributed by atoms with Gasteiger partial charge in [0.05, 0.1) is 25.3 Å². The second-order valence-corrected chi connectivity index (χ2v) is 5.03. The summed E-state index contributed by atoms with van der Waals surface area (Å²) in [6.07, 6.45) is 0. The Labute approximate surface area is 108 Å². The summed E-state index contributed by atoms with van der Waals surface area (Å²) < 4.78 is 5.54. The largest absolute Gasteiger partial charge is 0.378 e. The molecule has 17 heavy (non-hydrogen) atoms. The van der Waals surface area contributed by atoms with Gasteiger partial charge in [0.25, 0.3) is 0 Å². The molecule has 1 aliphatic rings. The van der Waals surface area contributed by atoms with Crippen molar-refractivity contribution in [3.8, 4) is 0 Å². The van der Waals surface area contributed by atoms with Crippen LogP contribution in [0.5, 0.6) is 0 Å². The standard InChI is InChI=1S/C13H19ClN2O/c1-16(2)13(12-9-17-8-7-15-12)10-3-5-11(14)6-4-10/h3-6,12-13,15H,7-9H2,1-2H3. The molecule has 1 saturated heterocycles. The molecule has 0 aliphatic carbocycles. The van der Waals surface area contributed by atoms with E-state index in [-0.39, 0.29) is 0 Å². The molecule has 2 rings (SSSR count). The van der Waals surface area contributed by atoms with Crippen LogP contribution in [0.25, 0.3) is 0 Å². The molecule has 0 aromatic heterocycles. The first-order valence-corrected chi connectivity index (χ1v) is 6.29. The molecule has 1 heterocycles. The summed E-state index contributed by atoms with van der Waals surface area (Å²) in [5.41, 5.74) is 1.27. The molecular weight excluding hydrogens is 236 g/mol. The van der Waals surface area contributed by atoms with Crippen molar-refractivity contribution >= 4 is 11.6 Å². The van der Waals surface area contributed by atoms with Crippen LogP contribution in [-0.2, 0) is 4.74 Å². The molecule has 1 N–H and O–H groups in total. The lowest BCUT2D eigenvalue weighted by Gasteiger charge is -2.35. The van der Waals surface area contributed by atoms with Crippen LogP contribution in [-0.4, -0.2) is 44.8 Å². The van der Waals surface area contributed by atoms with Crippen LogP contribution >= 0.6 is 11.6 Å². The fourth-order valence-electron chi connectivity index (χ4n) is 2.34. The molecule has 0 spiro atoms. The highest BCUT2D eigenvalue weighted by molar-refractivity contribution is 6.30. The van der Waals surface area contributed by atoms with Gasteiger partial charge in [0, 0.05) is 11.6 Å². The summed E-state index contributed by atoms with van der Waals surface area (Å²) in [5.74, 6) is 0. The molecule has 3 nitrogen and oxygen atoms in total. The molecule has 1 aromatic rings. The van der Waals surface area contributed by atoms with Gasteiger partial charge in [0.1, 0.15) is 0 Å². The number of benzene rings is 1. The maximum Gasteiger partial charge on any atom is 0.0639 e. The fourth-order valence-corrected chi connectivity index (χ4v) is 2.46. The van der Waals surface area contributed by atoms with Crippen molar-refractivity contribution < 1.29 is 4.74 Å². The lowest BCUT2D eigenvalue weighted by Crippen LogP contribution is -2.48. The molecule has 1 aliphatic heterocycles. The first kappa shape index (κ1) is 12.8. The highest BCUT2D eigenvalue weighted by Gasteiger charge is 2.26. The summed E-state index contributed by atoms with van der Waals surface area (Å²) in [6, 6.07) is 8.70. The molecule has 1 fully saturated rings. The Kier molecular flexibility index (Phi) is 4.40. The molecule has 1 aromatic carbocycles. The van der Waals surface area contributed by atoms with Crippen molar-refractivity contribution in [3.63, 3.8) is 0 Å². The van der Waals surface area contributed by atoms with Crippen LogP contribution in [0.2, 0.25) is 5.02 Å². The van der Waals surface area contributed by atoms with E-state index in [0.717, 1.165) is 24.8 Å². The minimum absolute atomic E-state index is 0.313. The van der Waals surface area contributed by atoms with Crippen molar-refractivity contribution in [1.82, 2.24) is 10.2 Å². The van der Waals surface area contributed by atoms with Crippen molar-refractivity contribution in [3.05, 3.63) is 34.9 Å². The van der Waals surface area contributed by atoms with Gasteiger partial charge in [-0.2, -0.15) is 0 Å². The van der Waals surface area contributed by atoms with Crippen molar-refractivity contribution in [2.24, 2.45) is 0 Å². The minimum Gasteiger partial charge on any atom is -0.378 e. The van der Waals surface area contributed by atoms with Crippen molar-refractivity contribution in [2.75, 3.05) is 33.9 Å². The number of halogens is 1. The molecule has 2 atom stereocenters. The van der Waals surface area contributed by atoms with Gasteiger partial charge in [-0.15, -0.1) is 0 Å². The van der Waals surface area contributed by atoms with Gasteiger partial charge in [0.15, 0.2) is 0 Å². The normalized spacial score (nSPS) is 22.7. The van der Waals surface area contributed by atoms with E-state index in [1.807, 2.05) is 12.1 Å². The molecule has 94 valence electrons. The number of rotatable bonds is 3. The Morgan fingerprint density at radius 1 is 1.35 bits per heavy atom.